The molecule has 0 aromatic carbocycles. The van der Waals surface area contributed by atoms with Crippen molar-refractivity contribution in [3.63, 3.8) is 0 Å². The number of unbranched alkanes of at least 4 members (excludes halogenated alkanes) is 14. The molecule has 4 aliphatic carbocycles. The summed E-state index contributed by atoms with van der Waals surface area (Å²) in [6, 6.07) is 0. The molecule has 0 radical (unpaired) electrons. The van der Waals surface area contributed by atoms with Crippen molar-refractivity contribution in [3.05, 3.63) is 96.7 Å². The van der Waals surface area contributed by atoms with Crippen molar-refractivity contribution in [2.75, 3.05) is 0 Å². The standard InChI is InChI=1S/C20H36O3.2C18H32O3.C12H20O3/c1-5-6-7-8-9-10-11-12-19(21)22-23-20(4)15-13-18(14-16-20)17(2)3;1-5-6-7-8-9-10-17(19)20-21-18(4)13-11-16(12-14-18)15(2)3;1-5-6-7-8-9-10-18(19)21-20-17-13-16(14(2)3)12-11-15(17)4;1-9(2)11-5-7-12(4,8-6-11)15-14-10(3)13/h13,15,18-19,21H,2,5-12,14,16H2,1,3-4H3;11,13,16-17,19H,2,5-10,12,14H2,1,3-4H3;11,16-19H,2,5-10,12-13H2,1,3-4H3;5,7,10-11,13H,1,6,8H2,2-4H3/t18-,19?,20+;16-,17?,18+;16-,17?,18?;10?,11-,12+/m0000/s1. The van der Waals surface area contributed by atoms with Crippen LogP contribution in [0.2, 0.25) is 0 Å². The van der Waals surface area contributed by atoms with Crippen molar-refractivity contribution in [2.45, 2.75) is 311 Å². The van der Waals surface area contributed by atoms with E-state index in [1.807, 2.05) is 45.9 Å². The van der Waals surface area contributed by atoms with Crippen molar-refractivity contribution < 1.29 is 59.5 Å². The molecule has 4 rings (SSSR count). The smallest absolute Gasteiger partial charge is 0.188 e. The molecule has 0 spiro atoms. The van der Waals surface area contributed by atoms with Gasteiger partial charge in [0, 0.05) is 19.3 Å². The summed E-state index contributed by atoms with van der Waals surface area (Å²) < 4.78 is 0. The number of hydrogen-bond acceptors (Lipinski definition) is 12. The summed E-state index contributed by atoms with van der Waals surface area (Å²) in [6.07, 6.45) is 41.0. The van der Waals surface area contributed by atoms with Gasteiger partial charge >= 0.3 is 0 Å². The Bertz CT molecular complexity index is 1800. The van der Waals surface area contributed by atoms with E-state index in [2.05, 4.69) is 99.1 Å². The van der Waals surface area contributed by atoms with Gasteiger partial charge in [-0.3, -0.25) is 0 Å². The second-order valence-corrected chi connectivity index (χ2v) is 24.5. The van der Waals surface area contributed by atoms with Crippen LogP contribution in [0.1, 0.15) is 263 Å². The zero-order chi connectivity index (χ0) is 60.0. The van der Waals surface area contributed by atoms with Gasteiger partial charge in [0.05, 0.1) is 0 Å². The minimum atomic E-state index is -0.894. The largest absolute Gasteiger partial charge is 0.366 e. The molecule has 4 N–H and O–H groups in total. The van der Waals surface area contributed by atoms with Crippen LogP contribution in [-0.2, 0) is 39.1 Å². The fourth-order valence-corrected chi connectivity index (χ4v) is 9.69. The Balaban J connectivity index is 0.000000538. The number of aliphatic hydroxyl groups excluding tert-OH is 4. The van der Waals surface area contributed by atoms with Crippen LogP contribution in [0.3, 0.4) is 0 Å². The Morgan fingerprint density at radius 3 is 1.12 bits per heavy atom. The van der Waals surface area contributed by atoms with Crippen LogP contribution in [0.25, 0.3) is 0 Å². The first-order valence-corrected chi connectivity index (χ1v) is 31.3. The molecule has 0 aliphatic heterocycles. The maximum Gasteiger partial charge on any atom is 0.188 e. The summed E-state index contributed by atoms with van der Waals surface area (Å²) in [7, 11) is 0. The van der Waals surface area contributed by atoms with E-state index in [1.165, 1.54) is 105 Å². The highest BCUT2D eigenvalue weighted by molar-refractivity contribution is 5.18. The van der Waals surface area contributed by atoms with Gasteiger partial charge in [0.15, 0.2) is 25.2 Å². The van der Waals surface area contributed by atoms with Crippen molar-refractivity contribution in [1.29, 1.82) is 0 Å². The SMILES string of the molecule is C=C(C)[C@H]1C=C[C@@](C)(OOC(C)O)CC1.C=C(C)[C@H]1C=C[C@@](C)(OOC(O)CCCCCCC)CC1.C=C(C)[C@H]1C=C[C@@](C)(OOC(O)CCCCCCCCC)CC1.C=C(C)[C@H]1CC=C(C)C(OOC(O)CCCCCCC)C1. The lowest BCUT2D eigenvalue weighted by Gasteiger charge is -2.31. The maximum atomic E-state index is 9.89. The molecule has 464 valence electrons. The summed E-state index contributed by atoms with van der Waals surface area (Å²) in [4.78, 5) is 41.9. The zero-order valence-corrected chi connectivity index (χ0v) is 52.9. The predicted molar refractivity (Wildman–Crippen MR) is 328 cm³/mol. The van der Waals surface area contributed by atoms with Gasteiger partial charge in [-0.25, -0.2) is 39.1 Å². The topological polar surface area (TPSA) is 155 Å². The first-order chi connectivity index (χ1) is 37.9. The average Bonchev–Trinajstić information content (AvgIpc) is 3.42. The molecule has 5 unspecified atom stereocenters. The second kappa shape index (κ2) is 43.1. The normalized spacial score (nSPS) is 26.7. The highest BCUT2D eigenvalue weighted by Crippen LogP contribution is 2.35. The van der Waals surface area contributed by atoms with E-state index in [9.17, 15) is 15.3 Å². The molecular formula is C68H120O12. The van der Waals surface area contributed by atoms with E-state index in [4.69, 9.17) is 44.2 Å². The van der Waals surface area contributed by atoms with Gasteiger partial charge in [0.1, 0.15) is 22.9 Å². The monoisotopic (exact) mass is 1130 g/mol. The van der Waals surface area contributed by atoms with E-state index < -0.39 is 42.0 Å². The predicted octanol–water partition coefficient (Wildman–Crippen LogP) is 18.1. The molecule has 0 saturated heterocycles. The Morgan fingerprint density at radius 1 is 0.500 bits per heavy atom. The molecule has 12 nitrogen and oxygen atoms in total. The summed E-state index contributed by atoms with van der Waals surface area (Å²) >= 11 is 0. The van der Waals surface area contributed by atoms with Gasteiger partial charge in [-0.2, -0.15) is 0 Å². The van der Waals surface area contributed by atoms with Crippen LogP contribution in [0.5, 0.6) is 0 Å². The Morgan fingerprint density at radius 2 is 0.825 bits per heavy atom. The van der Waals surface area contributed by atoms with Crippen LogP contribution in [0, 0.1) is 23.7 Å². The van der Waals surface area contributed by atoms with Gasteiger partial charge in [0.25, 0.3) is 0 Å². The van der Waals surface area contributed by atoms with Gasteiger partial charge < -0.3 is 20.4 Å². The zero-order valence-electron chi connectivity index (χ0n) is 52.9. The maximum absolute atomic E-state index is 9.89. The lowest BCUT2D eigenvalue weighted by Crippen LogP contribution is -2.32. The van der Waals surface area contributed by atoms with E-state index in [0.29, 0.717) is 42.9 Å². The highest BCUT2D eigenvalue weighted by atomic mass is 17.2. The molecule has 0 heterocycles. The third-order valence-corrected chi connectivity index (χ3v) is 15.7. The molecule has 0 bridgehead atoms. The molecule has 12 atom stereocenters. The summed E-state index contributed by atoms with van der Waals surface area (Å²) in [5, 5.41) is 38.5. The summed E-state index contributed by atoms with van der Waals surface area (Å²) in [6.45, 7) is 40.3. The molecule has 0 aromatic heterocycles. The van der Waals surface area contributed by atoms with Gasteiger partial charge in [0.2, 0.25) is 0 Å². The molecule has 4 aliphatic rings. The average molecular weight is 1130 g/mol. The highest BCUT2D eigenvalue weighted by Gasteiger charge is 2.32. The lowest BCUT2D eigenvalue weighted by atomic mass is 9.83. The van der Waals surface area contributed by atoms with Gasteiger partial charge in [-0.15, -0.1) is 0 Å². The molecule has 0 fully saturated rings. The minimum Gasteiger partial charge on any atom is -0.366 e. The fraction of sp³-hybridized carbons (Fsp3) is 0.765. The fourth-order valence-electron chi connectivity index (χ4n) is 9.69. The molecule has 0 saturated carbocycles. The Kier molecular flexibility index (Phi) is 40.7. The third kappa shape index (κ3) is 35.5. The lowest BCUT2D eigenvalue weighted by molar-refractivity contribution is -0.408. The minimum absolute atomic E-state index is 0.0600. The summed E-state index contributed by atoms with van der Waals surface area (Å²) in [5.41, 5.74) is 4.60. The van der Waals surface area contributed by atoms with Gasteiger partial charge in [-0.1, -0.05) is 202 Å². The molecule has 12 heteroatoms. The number of hydrogen-bond donors (Lipinski definition) is 4. The van der Waals surface area contributed by atoms with Gasteiger partial charge in [-0.05, 0) is 162 Å². The van der Waals surface area contributed by atoms with Crippen LogP contribution in [0.4, 0.5) is 0 Å². The Labute approximate surface area is 488 Å². The van der Waals surface area contributed by atoms with Crippen LogP contribution in [0.15, 0.2) is 96.7 Å². The van der Waals surface area contributed by atoms with Crippen LogP contribution >= 0.6 is 0 Å². The van der Waals surface area contributed by atoms with E-state index in [-0.39, 0.29) is 6.10 Å². The first kappa shape index (κ1) is 75.5. The van der Waals surface area contributed by atoms with E-state index in [0.717, 1.165) is 89.9 Å². The number of aliphatic hydroxyl groups is 4. The van der Waals surface area contributed by atoms with Crippen molar-refractivity contribution in [2.24, 2.45) is 23.7 Å². The molecular weight excluding hydrogens is 1010 g/mol. The molecule has 0 aromatic rings. The molecule has 80 heavy (non-hydrogen) atoms. The van der Waals surface area contributed by atoms with Crippen LogP contribution < -0.4 is 0 Å². The van der Waals surface area contributed by atoms with Crippen LogP contribution in [-0.4, -0.2) is 68.5 Å². The Hall–Kier alpha value is -2.56. The summed E-state index contributed by atoms with van der Waals surface area (Å²) in [5.74, 6) is 1.76. The van der Waals surface area contributed by atoms with Crippen molar-refractivity contribution in [1.82, 2.24) is 0 Å². The van der Waals surface area contributed by atoms with E-state index in [1.54, 1.807) is 0 Å². The van der Waals surface area contributed by atoms with Crippen molar-refractivity contribution >= 4 is 0 Å². The quantitative estimate of drug-likeness (QED) is 0.0155. The third-order valence-electron chi connectivity index (χ3n) is 15.7. The van der Waals surface area contributed by atoms with E-state index >= 15 is 0 Å². The van der Waals surface area contributed by atoms with Crippen molar-refractivity contribution in [3.8, 4) is 0 Å². The first-order valence-electron chi connectivity index (χ1n) is 31.3. The molecule has 0 amide bonds. The number of allylic oxidation sites excluding steroid dienone is 8. The number of rotatable bonds is 36. The second-order valence-electron chi connectivity index (χ2n) is 24.5.